The smallest absolute Gasteiger partial charge is 0.345 e. The molecule has 0 fully saturated rings. The molecule has 0 spiro atoms. The van der Waals surface area contributed by atoms with Gasteiger partial charge in [0, 0.05) is 17.3 Å². The summed E-state index contributed by atoms with van der Waals surface area (Å²) in [5.74, 6) is 0.660. The van der Waals surface area contributed by atoms with Gasteiger partial charge in [0.15, 0.2) is 12.2 Å². The monoisotopic (exact) mass is 354 g/mol. The lowest BCUT2D eigenvalue weighted by atomic mass is 10.1. The average Bonchev–Trinajstić information content (AvgIpc) is 3.16. The minimum Gasteiger partial charge on any atom is -0.477 e. The molecule has 0 unspecified atom stereocenters. The van der Waals surface area contributed by atoms with Crippen molar-refractivity contribution in [3.05, 3.63) is 48.5 Å². The maximum atomic E-state index is 11.9. The first-order valence-corrected chi connectivity index (χ1v) is 7.90. The van der Waals surface area contributed by atoms with Crippen molar-refractivity contribution in [2.24, 2.45) is 0 Å². The summed E-state index contributed by atoms with van der Waals surface area (Å²) in [5, 5.41) is 3.13. The zero-order valence-corrected chi connectivity index (χ0v) is 14.4. The second-order valence-corrected chi connectivity index (χ2v) is 5.27. The van der Waals surface area contributed by atoms with Crippen LogP contribution in [0.25, 0.3) is 11.3 Å². The normalized spacial score (nSPS) is 10.4. The molecule has 3 rings (SSSR count). The first-order chi connectivity index (χ1) is 12.6. The molecule has 3 N–H and O–H groups in total. The largest absolute Gasteiger partial charge is 0.477 e. The number of benzene rings is 1. The van der Waals surface area contributed by atoms with E-state index in [2.05, 4.69) is 15.3 Å². The Hall–Kier alpha value is -3.55. The number of carbonyl (C=O) groups is 1. The summed E-state index contributed by atoms with van der Waals surface area (Å²) >= 11 is 0. The molecule has 3 aromatic rings. The van der Waals surface area contributed by atoms with E-state index in [-0.39, 0.29) is 17.1 Å². The van der Waals surface area contributed by atoms with Crippen LogP contribution in [-0.4, -0.2) is 29.7 Å². The van der Waals surface area contributed by atoms with Crippen LogP contribution >= 0.6 is 0 Å². The van der Waals surface area contributed by atoms with Gasteiger partial charge in [-0.1, -0.05) is 0 Å². The Bertz CT molecular complexity index is 892. The predicted octanol–water partition coefficient (Wildman–Crippen LogP) is 3.25. The minimum absolute atomic E-state index is 0.112. The summed E-state index contributed by atoms with van der Waals surface area (Å²) in [5.41, 5.74) is 8.01. The Kier molecular flexibility index (Phi) is 5.02. The van der Waals surface area contributed by atoms with E-state index in [1.54, 1.807) is 19.2 Å². The molecule has 134 valence electrons. The number of hydrogen-bond acceptors (Lipinski definition) is 8. The van der Waals surface area contributed by atoms with Gasteiger partial charge in [-0.25, -0.2) is 9.78 Å². The highest BCUT2D eigenvalue weighted by atomic mass is 16.5. The Labute approximate surface area is 150 Å². The summed E-state index contributed by atoms with van der Waals surface area (Å²) in [4.78, 5) is 20.1. The summed E-state index contributed by atoms with van der Waals surface area (Å²) in [6.07, 6.45) is 3.02. The fraction of sp³-hybridized carbons (Fsp3) is 0.167. The Morgan fingerprint density at radius 3 is 2.69 bits per heavy atom. The zero-order chi connectivity index (χ0) is 18.5. The highest BCUT2D eigenvalue weighted by Gasteiger charge is 2.20. The summed E-state index contributed by atoms with van der Waals surface area (Å²) in [6.45, 7) is 2.13. The standard InChI is InChI=1S/C18H18N4O4/c1-3-25-17-16(18(23)24-2)13(19)8-15(22-17)21-12-6-4-11(5-7-12)14-9-20-10-26-14/h4-10H,3H2,1-2H3,(H3,19,21,22). The molecule has 0 aliphatic heterocycles. The fourth-order valence-corrected chi connectivity index (χ4v) is 2.38. The summed E-state index contributed by atoms with van der Waals surface area (Å²) in [6, 6.07) is 9.06. The molecule has 0 aliphatic rings. The average molecular weight is 354 g/mol. The molecule has 0 bridgehead atoms. The third-order valence-electron chi connectivity index (χ3n) is 3.56. The molecule has 0 saturated carbocycles. The van der Waals surface area contributed by atoms with E-state index in [1.165, 1.54) is 13.5 Å². The van der Waals surface area contributed by atoms with Crippen LogP contribution in [-0.2, 0) is 4.74 Å². The van der Waals surface area contributed by atoms with Crippen molar-refractivity contribution in [3.8, 4) is 17.2 Å². The van der Waals surface area contributed by atoms with Crippen LogP contribution in [0.2, 0.25) is 0 Å². The fourth-order valence-electron chi connectivity index (χ4n) is 2.38. The molecule has 2 heterocycles. The van der Waals surface area contributed by atoms with Gasteiger partial charge in [0.1, 0.15) is 11.4 Å². The summed E-state index contributed by atoms with van der Waals surface area (Å²) < 4.78 is 15.4. The number of methoxy groups -OCH3 is 1. The second-order valence-electron chi connectivity index (χ2n) is 5.27. The topological polar surface area (TPSA) is 113 Å². The van der Waals surface area contributed by atoms with Gasteiger partial charge in [0.2, 0.25) is 5.88 Å². The predicted molar refractivity (Wildman–Crippen MR) is 96.4 cm³/mol. The number of aromatic nitrogens is 2. The van der Waals surface area contributed by atoms with Crippen LogP contribution in [0.3, 0.4) is 0 Å². The minimum atomic E-state index is -0.596. The van der Waals surface area contributed by atoms with Crippen molar-refractivity contribution < 1.29 is 18.7 Å². The quantitative estimate of drug-likeness (QED) is 0.649. The molecule has 0 saturated heterocycles. The number of anilines is 3. The van der Waals surface area contributed by atoms with Crippen LogP contribution in [0.1, 0.15) is 17.3 Å². The van der Waals surface area contributed by atoms with Crippen molar-refractivity contribution in [3.63, 3.8) is 0 Å². The molecular formula is C18H18N4O4. The van der Waals surface area contributed by atoms with Crippen molar-refractivity contribution in [1.29, 1.82) is 0 Å². The second kappa shape index (κ2) is 7.56. The lowest BCUT2D eigenvalue weighted by Gasteiger charge is -2.13. The van der Waals surface area contributed by atoms with E-state index in [0.717, 1.165) is 11.3 Å². The first kappa shape index (κ1) is 17.3. The maximum Gasteiger partial charge on any atom is 0.345 e. The third-order valence-corrected chi connectivity index (χ3v) is 3.56. The summed E-state index contributed by atoms with van der Waals surface area (Å²) in [7, 11) is 1.28. The number of hydrogen-bond donors (Lipinski definition) is 2. The number of ether oxygens (including phenoxy) is 2. The van der Waals surface area contributed by atoms with Crippen LogP contribution in [0.5, 0.6) is 5.88 Å². The number of nitrogens with one attached hydrogen (secondary N) is 1. The van der Waals surface area contributed by atoms with Gasteiger partial charge in [-0.15, -0.1) is 0 Å². The Balaban J connectivity index is 1.86. The number of carbonyl (C=O) groups excluding carboxylic acids is 1. The molecule has 8 heteroatoms. The van der Waals surface area contributed by atoms with Gasteiger partial charge in [0.25, 0.3) is 0 Å². The van der Waals surface area contributed by atoms with Crippen molar-refractivity contribution in [2.45, 2.75) is 6.92 Å². The SMILES string of the molecule is CCOc1nc(Nc2ccc(-c3cnco3)cc2)cc(N)c1C(=O)OC. The number of rotatable bonds is 6. The van der Waals surface area contributed by atoms with Gasteiger partial charge in [-0.2, -0.15) is 4.98 Å². The Morgan fingerprint density at radius 2 is 2.08 bits per heavy atom. The van der Waals surface area contributed by atoms with Crippen LogP contribution in [0.4, 0.5) is 17.2 Å². The highest BCUT2D eigenvalue weighted by molar-refractivity contribution is 5.98. The van der Waals surface area contributed by atoms with Crippen molar-refractivity contribution in [1.82, 2.24) is 9.97 Å². The van der Waals surface area contributed by atoms with E-state index in [0.29, 0.717) is 18.2 Å². The van der Waals surface area contributed by atoms with Gasteiger partial charge in [0.05, 0.1) is 25.6 Å². The molecule has 0 aliphatic carbocycles. The third kappa shape index (κ3) is 3.59. The number of oxazole rings is 1. The van der Waals surface area contributed by atoms with Crippen LogP contribution in [0.15, 0.2) is 47.3 Å². The molecule has 0 amide bonds. The maximum absolute atomic E-state index is 11.9. The van der Waals surface area contributed by atoms with E-state index in [1.807, 2.05) is 24.3 Å². The van der Waals surface area contributed by atoms with E-state index in [9.17, 15) is 4.79 Å². The number of nitrogens with zero attached hydrogens (tertiary/aromatic N) is 2. The van der Waals surface area contributed by atoms with Gasteiger partial charge in [-0.05, 0) is 31.2 Å². The number of pyridine rings is 1. The number of nitrogens with two attached hydrogens (primary N) is 1. The lowest BCUT2D eigenvalue weighted by Crippen LogP contribution is -2.11. The van der Waals surface area contributed by atoms with Crippen molar-refractivity contribution in [2.75, 3.05) is 24.8 Å². The number of nitrogen functional groups attached to an aromatic ring is 1. The van der Waals surface area contributed by atoms with Gasteiger partial charge >= 0.3 is 5.97 Å². The van der Waals surface area contributed by atoms with Gasteiger partial charge < -0.3 is 24.9 Å². The van der Waals surface area contributed by atoms with Crippen LogP contribution < -0.4 is 15.8 Å². The molecule has 2 aromatic heterocycles. The number of esters is 1. The molecule has 0 atom stereocenters. The molecule has 26 heavy (non-hydrogen) atoms. The zero-order valence-electron chi connectivity index (χ0n) is 14.4. The molecule has 8 nitrogen and oxygen atoms in total. The molecular weight excluding hydrogens is 336 g/mol. The lowest BCUT2D eigenvalue weighted by molar-refractivity contribution is 0.0596. The van der Waals surface area contributed by atoms with Gasteiger partial charge in [-0.3, -0.25) is 0 Å². The Morgan fingerprint density at radius 1 is 1.31 bits per heavy atom. The first-order valence-electron chi connectivity index (χ1n) is 7.90. The van der Waals surface area contributed by atoms with E-state index < -0.39 is 5.97 Å². The molecule has 1 aromatic carbocycles. The van der Waals surface area contributed by atoms with E-state index >= 15 is 0 Å². The highest BCUT2D eigenvalue weighted by Crippen LogP contribution is 2.29. The van der Waals surface area contributed by atoms with Crippen LogP contribution in [0, 0.1) is 0 Å². The van der Waals surface area contributed by atoms with Crippen molar-refractivity contribution >= 4 is 23.2 Å². The van der Waals surface area contributed by atoms with E-state index in [4.69, 9.17) is 19.6 Å². The molecule has 0 radical (unpaired) electrons.